The van der Waals surface area contributed by atoms with Gasteiger partial charge in [0, 0.05) is 24.2 Å². The lowest BCUT2D eigenvalue weighted by Crippen LogP contribution is -2.34. The van der Waals surface area contributed by atoms with Crippen molar-refractivity contribution >= 4 is 38.9 Å². The van der Waals surface area contributed by atoms with E-state index >= 15 is 0 Å². The van der Waals surface area contributed by atoms with Gasteiger partial charge in [-0.15, -0.1) is 0 Å². The number of anilines is 1. The normalized spacial score (nSPS) is 17.7. The van der Waals surface area contributed by atoms with E-state index in [0.29, 0.717) is 16.5 Å². The molecule has 1 aliphatic rings. The van der Waals surface area contributed by atoms with Crippen LogP contribution in [0.25, 0.3) is 0 Å². The second-order valence-corrected chi connectivity index (χ2v) is 9.75. The molecular weight excluding hydrogens is 428 g/mol. The van der Waals surface area contributed by atoms with Crippen molar-refractivity contribution in [3.8, 4) is 5.75 Å². The smallest absolute Gasteiger partial charge is 0.227 e. The van der Waals surface area contributed by atoms with Crippen LogP contribution in [-0.2, 0) is 19.4 Å². The molecule has 0 bridgehead atoms. The molecule has 160 valence electrons. The number of methoxy groups -OCH3 is 1. The van der Waals surface area contributed by atoms with Crippen LogP contribution in [0.1, 0.15) is 24.9 Å². The number of hydrogen-bond donors (Lipinski definition) is 1. The summed E-state index contributed by atoms with van der Waals surface area (Å²) in [5.74, 6) is -0.431. The monoisotopic (exact) mass is 450 g/mol. The minimum Gasteiger partial charge on any atom is -0.495 e. The van der Waals surface area contributed by atoms with Gasteiger partial charge in [0.1, 0.15) is 5.75 Å². The molecule has 30 heavy (non-hydrogen) atoms. The summed E-state index contributed by atoms with van der Waals surface area (Å²) >= 11 is 6.06. The Bertz CT molecular complexity index is 1070. The van der Waals surface area contributed by atoms with Crippen LogP contribution in [0.5, 0.6) is 5.75 Å². The predicted molar refractivity (Wildman–Crippen MR) is 115 cm³/mol. The number of nitrogens with zero attached hydrogens (tertiary/aromatic N) is 1. The lowest BCUT2D eigenvalue weighted by Gasteiger charge is -2.20. The third-order valence-electron chi connectivity index (χ3n) is 5.09. The molecule has 0 unspecified atom stereocenters. The molecule has 1 fully saturated rings. The molecule has 2 aromatic carbocycles. The second kappa shape index (κ2) is 8.65. The van der Waals surface area contributed by atoms with E-state index in [-0.39, 0.29) is 35.7 Å². The lowest BCUT2D eigenvalue weighted by atomic mass is 10.1. The molecule has 9 heteroatoms. The first-order valence-corrected chi connectivity index (χ1v) is 11.6. The highest BCUT2D eigenvalue weighted by molar-refractivity contribution is 7.90. The number of benzene rings is 2. The van der Waals surface area contributed by atoms with Crippen molar-refractivity contribution in [1.82, 2.24) is 5.32 Å². The average molecular weight is 451 g/mol. The van der Waals surface area contributed by atoms with E-state index in [4.69, 9.17) is 16.3 Å². The van der Waals surface area contributed by atoms with E-state index in [1.165, 1.54) is 24.1 Å². The number of carbonyl (C=O) groups is 2. The third-order valence-corrected chi connectivity index (χ3v) is 6.46. The zero-order valence-corrected chi connectivity index (χ0v) is 18.5. The largest absolute Gasteiger partial charge is 0.495 e. The van der Waals surface area contributed by atoms with Crippen molar-refractivity contribution in [2.24, 2.45) is 5.92 Å². The molecule has 2 amide bonds. The number of hydrogen-bond acceptors (Lipinski definition) is 5. The molecule has 0 aliphatic carbocycles. The molecule has 0 spiro atoms. The van der Waals surface area contributed by atoms with Gasteiger partial charge >= 0.3 is 0 Å². The quantitative estimate of drug-likeness (QED) is 0.730. The fraction of sp³-hybridized carbons (Fsp3) is 0.333. The van der Waals surface area contributed by atoms with E-state index in [1.807, 2.05) is 6.92 Å². The van der Waals surface area contributed by atoms with Gasteiger partial charge < -0.3 is 15.0 Å². The van der Waals surface area contributed by atoms with Crippen molar-refractivity contribution in [3.63, 3.8) is 0 Å². The molecule has 1 saturated heterocycles. The molecule has 3 rings (SSSR count). The molecule has 0 aromatic heterocycles. The van der Waals surface area contributed by atoms with Crippen LogP contribution in [0.4, 0.5) is 5.69 Å². The maximum Gasteiger partial charge on any atom is 0.227 e. The number of sulfone groups is 1. The van der Waals surface area contributed by atoms with Crippen LogP contribution < -0.4 is 15.0 Å². The van der Waals surface area contributed by atoms with Crippen molar-refractivity contribution < 1.29 is 22.7 Å². The standard InChI is InChI=1S/C21H23ClN2O5S/c1-13(14-4-7-17(8-5-14)30(3,27)28)23-21(26)15-10-20(25)24(12-15)18-11-16(22)6-9-19(18)29-2/h4-9,11,13,15H,10,12H2,1-3H3,(H,23,26)/t13-,15+/m0/s1. The number of rotatable bonds is 6. The summed E-state index contributed by atoms with van der Waals surface area (Å²) in [5.41, 5.74) is 1.31. The van der Waals surface area contributed by atoms with E-state index in [9.17, 15) is 18.0 Å². The highest BCUT2D eigenvalue weighted by Crippen LogP contribution is 2.35. The third kappa shape index (κ3) is 4.76. The minimum atomic E-state index is -3.28. The highest BCUT2D eigenvalue weighted by atomic mass is 35.5. The van der Waals surface area contributed by atoms with Gasteiger partial charge in [0.2, 0.25) is 11.8 Å². The van der Waals surface area contributed by atoms with Gasteiger partial charge in [-0.3, -0.25) is 9.59 Å². The Labute approximate surface area is 180 Å². The Kier molecular flexibility index (Phi) is 6.38. The fourth-order valence-electron chi connectivity index (χ4n) is 3.41. The van der Waals surface area contributed by atoms with E-state index in [0.717, 1.165) is 11.8 Å². The van der Waals surface area contributed by atoms with E-state index in [1.54, 1.807) is 30.3 Å². The van der Waals surface area contributed by atoms with E-state index in [2.05, 4.69) is 5.32 Å². The van der Waals surface area contributed by atoms with E-state index < -0.39 is 15.8 Å². The van der Waals surface area contributed by atoms with Crippen LogP contribution in [-0.4, -0.2) is 40.1 Å². The maximum atomic E-state index is 12.8. The lowest BCUT2D eigenvalue weighted by molar-refractivity contribution is -0.126. The molecule has 1 heterocycles. The topological polar surface area (TPSA) is 92.8 Å². The first kappa shape index (κ1) is 22.1. The summed E-state index contributed by atoms with van der Waals surface area (Å²) in [6.45, 7) is 2.03. The molecule has 0 saturated carbocycles. The molecule has 0 radical (unpaired) electrons. The molecule has 2 aromatic rings. The van der Waals surface area contributed by atoms with Gasteiger partial charge in [-0.2, -0.15) is 0 Å². The molecular formula is C21H23ClN2O5S. The van der Waals surface area contributed by atoms with Crippen LogP contribution in [0.3, 0.4) is 0 Å². The van der Waals surface area contributed by atoms with Gasteiger partial charge in [0.15, 0.2) is 9.84 Å². The van der Waals surface area contributed by atoms with Gasteiger partial charge in [0.25, 0.3) is 0 Å². The van der Waals surface area contributed by atoms with Crippen LogP contribution >= 0.6 is 11.6 Å². The number of nitrogens with one attached hydrogen (secondary N) is 1. The van der Waals surface area contributed by atoms with Gasteiger partial charge in [0.05, 0.1) is 29.7 Å². The number of halogens is 1. The van der Waals surface area contributed by atoms with Gasteiger partial charge in [-0.05, 0) is 42.8 Å². The summed E-state index contributed by atoms with van der Waals surface area (Å²) in [6.07, 6.45) is 1.23. The van der Waals surface area contributed by atoms with Gasteiger partial charge in [-0.1, -0.05) is 23.7 Å². The molecule has 1 aliphatic heterocycles. The summed E-state index contributed by atoms with van der Waals surface area (Å²) in [4.78, 5) is 27.0. The Morgan fingerprint density at radius 3 is 2.50 bits per heavy atom. The zero-order valence-electron chi connectivity index (χ0n) is 16.9. The van der Waals surface area contributed by atoms with Crippen LogP contribution in [0, 0.1) is 5.92 Å². The Morgan fingerprint density at radius 2 is 1.90 bits per heavy atom. The Hall–Kier alpha value is -2.58. The highest BCUT2D eigenvalue weighted by Gasteiger charge is 2.36. The number of ether oxygens (including phenoxy) is 1. The molecule has 7 nitrogen and oxygen atoms in total. The summed E-state index contributed by atoms with van der Waals surface area (Å²) in [5, 5.41) is 3.37. The van der Waals surface area contributed by atoms with Crippen molar-refractivity contribution in [2.45, 2.75) is 24.3 Å². The summed E-state index contributed by atoms with van der Waals surface area (Å²) in [7, 11) is -1.77. The second-order valence-electron chi connectivity index (χ2n) is 7.29. The van der Waals surface area contributed by atoms with Gasteiger partial charge in [-0.25, -0.2) is 8.42 Å². The zero-order chi connectivity index (χ0) is 22.1. The summed E-state index contributed by atoms with van der Waals surface area (Å²) in [6, 6.07) is 11.0. The molecule has 2 atom stereocenters. The van der Waals surface area contributed by atoms with Crippen molar-refractivity contribution in [1.29, 1.82) is 0 Å². The number of carbonyl (C=O) groups excluding carboxylic acids is 2. The van der Waals surface area contributed by atoms with Crippen LogP contribution in [0.15, 0.2) is 47.4 Å². The number of amides is 2. The predicted octanol–water partition coefficient (Wildman–Crippen LogP) is 2.98. The van der Waals surface area contributed by atoms with Crippen molar-refractivity contribution in [2.75, 3.05) is 24.8 Å². The SMILES string of the molecule is COc1ccc(Cl)cc1N1C[C@H](C(=O)N[C@@H](C)c2ccc(S(C)(=O)=O)cc2)CC1=O. The minimum absolute atomic E-state index is 0.0846. The van der Waals surface area contributed by atoms with Crippen molar-refractivity contribution in [3.05, 3.63) is 53.1 Å². The Morgan fingerprint density at radius 1 is 1.23 bits per heavy atom. The average Bonchev–Trinajstić information content (AvgIpc) is 3.09. The first-order valence-electron chi connectivity index (χ1n) is 9.34. The first-order chi connectivity index (χ1) is 14.1. The fourth-order valence-corrected chi connectivity index (χ4v) is 4.21. The maximum absolute atomic E-state index is 12.8. The van der Waals surface area contributed by atoms with Crippen LogP contribution in [0.2, 0.25) is 5.02 Å². The molecule has 1 N–H and O–H groups in total. The Balaban J connectivity index is 1.69. The summed E-state index contributed by atoms with van der Waals surface area (Å²) < 4.78 is 28.5.